The van der Waals surface area contributed by atoms with Crippen molar-refractivity contribution in [1.29, 1.82) is 5.26 Å². The molecule has 0 aromatic heterocycles. The van der Waals surface area contributed by atoms with Gasteiger partial charge in [-0.25, -0.2) is 0 Å². The fourth-order valence-corrected chi connectivity index (χ4v) is 1.85. The molecular formula is C16H13ClN2O2. The second-order valence-electron chi connectivity index (χ2n) is 4.41. The van der Waals surface area contributed by atoms with Crippen LogP contribution in [0, 0.1) is 18.3 Å². The van der Waals surface area contributed by atoms with Gasteiger partial charge in [-0.2, -0.15) is 5.26 Å². The van der Waals surface area contributed by atoms with Crippen molar-refractivity contribution in [3.8, 4) is 11.8 Å². The zero-order valence-corrected chi connectivity index (χ0v) is 12.1. The molecule has 0 bridgehead atoms. The standard InChI is InChI=1S/C16H13ClN2O2/c1-11-8-13(6-7-14(11)17)21-10-16(20)19-15-5-3-2-4-12(15)9-18/h2-8H,10H2,1H3,(H,19,20). The number of rotatable bonds is 4. The maximum atomic E-state index is 11.8. The van der Waals surface area contributed by atoms with E-state index in [2.05, 4.69) is 5.32 Å². The molecule has 4 nitrogen and oxygen atoms in total. The van der Waals surface area contributed by atoms with E-state index in [4.69, 9.17) is 21.6 Å². The maximum absolute atomic E-state index is 11.8. The summed E-state index contributed by atoms with van der Waals surface area (Å²) in [6.07, 6.45) is 0. The van der Waals surface area contributed by atoms with Crippen LogP contribution in [0.4, 0.5) is 5.69 Å². The van der Waals surface area contributed by atoms with Gasteiger partial charge in [0.1, 0.15) is 11.8 Å². The molecule has 106 valence electrons. The number of hydrogen-bond donors (Lipinski definition) is 1. The summed E-state index contributed by atoms with van der Waals surface area (Å²) in [4.78, 5) is 11.8. The lowest BCUT2D eigenvalue weighted by Gasteiger charge is -2.09. The van der Waals surface area contributed by atoms with Gasteiger partial charge in [0, 0.05) is 5.02 Å². The van der Waals surface area contributed by atoms with Crippen molar-refractivity contribution in [3.63, 3.8) is 0 Å². The molecule has 0 atom stereocenters. The van der Waals surface area contributed by atoms with E-state index in [-0.39, 0.29) is 12.5 Å². The number of para-hydroxylation sites is 1. The minimum atomic E-state index is -0.328. The highest BCUT2D eigenvalue weighted by molar-refractivity contribution is 6.31. The number of aryl methyl sites for hydroxylation is 1. The normalized spacial score (nSPS) is 9.76. The highest BCUT2D eigenvalue weighted by atomic mass is 35.5. The fraction of sp³-hybridized carbons (Fsp3) is 0.125. The Hall–Kier alpha value is -2.51. The van der Waals surface area contributed by atoms with E-state index >= 15 is 0 Å². The van der Waals surface area contributed by atoms with E-state index in [1.165, 1.54) is 0 Å². The minimum Gasteiger partial charge on any atom is -0.484 e. The second-order valence-corrected chi connectivity index (χ2v) is 4.81. The number of hydrogen-bond acceptors (Lipinski definition) is 3. The first-order chi connectivity index (χ1) is 10.1. The molecule has 0 aliphatic carbocycles. The Morgan fingerprint density at radius 2 is 2.10 bits per heavy atom. The van der Waals surface area contributed by atoms with Crippen LogP contribution < -0.4 is 10.1 Å². The first kappa shape index (κ1) is 14.9. The third-order valence-corrected chi connectivity index (χ3v) is 3.25. The van der Waals surface area contributed by atoms with Gasteiger partial charge in [0.15, 0.2) is 6.61 Å². The van der Waals surface area contributed by atoms with Gasteiger partial charge in [-0.3, -0.25) is 4.79 Å². The van der Waals surface area contributed by atoms with Crippen LogP contribution in [0.15, 0.2) is 42.5 Å². The molecule has 0 saturated heterocycles. The Labute approximate surface area is 127 Å². The lowest BCUT2D eigenvalue weighted by Crippen LogP contribution is -2.20. The molecule has 2 aromatic carbocycles. The van der Waals surface area contributed by atoms with E-state index < -0.39 is 0 Å². The lowest BCUT2D eigenvalue weighted by molar-refractivity contribution is -0.118. The van der Waals surface area contributed by atoms with Crippen molar-refractivity contribution in [3.05, 3.63) is 58.6 Å². The third-order valence-electron chi connectivity index (χ3n) is 2.82. The summed E-state index contributed by atoms with van der Waals surface area (Å²) in [5, 5.41) is 12.2. The van der Waals surface area contributed by atoms with E-state index in [9.17, 15) is 4.79 Å². The molecule has 1 N–H and O–H groups in total. The predicted octanol–water partition coefficient (Wildman–Crippen LogP) is 3.54. The molecule has 0 aliphatic heterocycles. The largest absolute Gasteiger partial charge is 0.484 e. The Balaban J connectivity index is 1.96. The number of nitrogens with one attached hydrogen (secondary N) is 1. The van der Waals surface area contributed by atoms with Gasteiger partial charge in [-0.05, 0) is 42.8 Å². The zero-order valence-electron chi connectivity index (χ0n) is 11.4. The maximum Gasteiger partial charge on any atom is 0.262 e. The van der Waals surface area contributed by atoms with Gasteiger partial charge in [0.05, 0.1) is 11.3 Å². The monoisotopic (exact) mass is 300 g/mol. The quantitative estimate of drug-likeness (QED) is 0.939. The molecular weight excluding hydrogens is 288 g/mol. The van der Waals surface area contributed by atoms with Crippen molar-refractivity contribution >= 4 is 23.2 Å². The van der Waals surface area contributed by atoms with Crippen LogP contribution in [0.5, 0.6) is 5.75 Å². The Morgan fingerprint density at radius 3 is 2.81 bits per heavy atom. The van der Waals surface area contributed by atoms with Crippen LogP contribution in [0.1, 0.15) is 11.1 Å². The first-order valence-electron chi connectivity index (χ1n) is 6.28. The van der Waals surface area contributed by atoms with Crippen LogP contribution >= 0.6 is 11.6 Å². The number of anilines is 1. The summed E-state index contributed by atoms with van der Waals surface area (Å²) >= 11 is 5.92. The Kier molecular flexibility index (Phi) is 4.81. The van der Waals surface area contributed by atoms with Crippen LogP contribution in [-0.4, -0.2) is 12.5 Å². The predicted molar refractivity (Wildman–Crippen MR) is 81.5 cm³/mol. The number of amides is 1. The van der Waals surface area contributed by atoms with Crippen LogP contribution in [-0.2, 0) is 4.79 Å². The van der Waals surface area contributed by atoms with Gasteiger partial charge in [0.2, 0.25) is 0 Å². The number of nitriles is 1. The highest BCUT2D eigenvalue weighted by Crippen LogP contribution is 2.21. The van der Waals surface area contributed by atoms with Crippen molar-refractivity contribution in [1.82, 2.24) is 0 Å². The molecule has 0 heterocycles. The molecule has 0 saturated carbocycles. The Morgan fingerprint density at radius 1 is 1.33 bits per heavy atom. The Bertz CT molecular complexity index is 708. The van der Waals surface area contributed by atoms with Crippen molar-refractivity contribution in [2.45, 2.75) is 6.92 Å². The van der Waals surface area contributed by atoms with Crippen LogP contribution in [0.3, 0.4) is 0 Å². The lowest BCUT2D eigenvalue weighted by atomic mass is 10.2. The van der Waals surface area contributed by atoms with Crippen molar-refractivity contribution < 1.29 is 9.53 Å². The smallest absolute Gasteiger partial charge is 0.262 e. The molecule has 2 rings (SSSR count). The summed E-state index contributed by atoms with van der Waals surface area (Å²) in [6, 6.07) is 14.0. The van der Waals surface area contributed by atoms with E-state index in [0.717, 1.165) is 5.56 Å². The molecule has 0 aliphatic rings. The number of nitrogens with zero attached hydrogens (tertiary/aromatic N) is 1. The summed E-state index contributed by atoms with van der Waals surface area (Å²) in [6.45, 7) is 1.72. The molecule has 5 heteroatoms. The zero-order chi connectivity index (χ0) is 15.2. The van der Waals surface area contributed by atoms with Crippen molar-refractivity contribution in [2.24, 2.45) is 0 Å². The number of carbonyl (C=O) groups excluding carboxylic acids is 1. The van der Waals surface area contributed by atoms with E-state index in [0.29, 0.717) is 22.0 Å². The number of halogens is 1. The van der Waals surface area contributed by atoms with Gasteiger partial charge >= 0.3 is 0 Å². The van der Waals surface area contributed by atoms with Crippen LogP contribution in [0.2, 0.25) is 5.02 Å². The van der Waals surface area contributed by atoms with E-state index in [1.807, 2.05) is 13.0 Å². The number of ether oxygens (including phenoxy) is 1. The van der Waals surface area contributed by atoms with Gasteiger partial charge < -0.3 is 10.1 Å². The average Bonchev–Trinajstić information content (AvgIpc) is 2.49. The van der Waals surface area contributed by atoms with Gasteiger partial charge in [0.25, 0.3) is 5.91 Å². The van der Waals surface area contributed by atoms with Crippen LogP contribution in [0.25, 0.3) is 0 Å². The second kappa shape index (κ2) is 6.78. The molecule has 2 aromatic rings. The van der Waals surface area contributed by atoms with Crippen molar-refractivity contribution in [2.75, 3.05) is 11.9 Å². The first-order valence-corrected chi connectivity index (χ1v) is 6.66. The molecule has 0 radical (unpaired) electrons. The van der Waals surface area contributed by atoms with Gasteiger partial charge in [-0.15, -0.1) is 0 Å². The molecule has 0 fully saturated rings. The van der Waals surface area contributed by atoms with E-state index in [1.54, 1.807) is 42.5 Å². The fourth-order valence-electron chi connectivity index (χ4n) is 1.73. The highest BCUT2D eigenvalue weighted by Gasteiger charge is 2.07. The minimum absolute atomic E-state index is 0.138. The summed E-state index contributed by atoms with van der Waals surface area (Å²) < 4.78 is 5.40. The summed E-state index contributed by atoms with van der Waals surface area (Å²) in [5.41, 5.74) is 1.76. The third kappa shape index (κ3) is 3.98. The average molecular weight is 301 g/mol. The molecule has 1 amide bonds. The SMILES string of the molecule is Cc1cc(OCC(=O)Nc2ccccc2C#N)ccc1Cl. The summed E-state index contributed by atoms with van der Waals surface area (Å²) in [7, 11) is 0. The topological polar surface area (TPSA) is 62.1 Å². The molecule has 21 heavy (non-hydrogen) atoms. The number of benzene rings is 2. The summed E-state index contributed by atoms with van der Waals surface area (Å²) in [5.74, 6) is 0.242. The number of carbonyl (C=O) groups is 1. The van der Waals surface area contributed by atoms with Gasteiger partial charge in [-0.1, -0.05) is 23.7 Å². The molecule has 0 unspecified atom stereocenters. The molecule has 0 spiro atoms.